The third-order valence-corrected chi connectivity index (χ3v) is 5.30. The third-order valence-electron chi connectivity index (χ3n) is 5.30. The third kappa shape index (κ3) is 4.58. The van der Waals surface area contributed by atoms with E-state index in [2.05, 4.69) is 29.8 Å². The van der Waals surface area contributed by atoms with Crippen LogP contribution in [0.1, 0.15) is 6.92 Å². The van der Waals surface area contributed by atoms with E-state index in [0.29, 0.717) is 6.92 Å². The zero-order valence-electron chi connectivity index (χ0n) is 18.4. The van der Waals surface area contributed by atoms with Crippen LogP contribution >= 0.6 is 0 Å². The van der Waals surface area contributed by atoms with Gasteiger partial charge in [-0.25, -0.2) is 28.1 Å². The summed E-state index contributed by atoms with van der Waals surface area (Å²) in [5, 5.41) is 4.28. The van der Waals surface area contributed by atoms with Gasteiger partial charge in [-0.05, 0) is 12.1 Å². The van der Waals surface area contributed by atoms with Crippen LogP contribution < -0.4 is 25.6 Å². The Labute approximate surface area is 198 Å². The number of ether oxygens (including phenoxy) is 2. The zero-order chi connectivity index (χ0) is 25.7. The highest BCUT2D eigenvalue weighted by Crippen LogP contribution is 2.36. The highest BCUT2D eigenvalue weighted by molar-refractivity contribution is 5.74. The van der Waals surface area contributed by atoms with E-state index in [0.717, 1.165) is 18.3 Å². The summed E-state index contributed by atoms with van der Waals surface area (Å²) in [7, 11) is 0. The molecule has 36 heavy (non-hydrogen) atoms. The van der Waals surface area contributed by atoms with Crippen LogP contribution in [0.25, 0.3) is 16.9 Å². The number of rotatable bonds is 6. The Kier molecular flexibility index (Phi) is 5.41. The maximum absolute atomic E-state index is 14.9. The first kappa shape index (κ1) is 23.3. The minimum absolute atomic E-state index is 0.0226. The second-order valence-electron chi connectivity index (χ2n) is 8.09. The van der Waals surface area contributed by atoms with E-state index in [9.17, 15) is 27.2 Å². The molecule has 15 heteroatoms. The molecule has 0 bridgehead atoms. The van der Waals surface area contributed by atoms with E-state index in [-0.39, 0.29) is 40.8 Å². The Balaban J connectivity index is 1.43. The maximum atomic E-state index is 14.9. The quantitative estimate of drug-likeness (QED) is 0.380. The molecule has 0 unspecified atom stereocenters. The Bertz CT molecular complexity index is 1530. The van der Waals surface area contributed by atoms with E-state index in [1.165, 1.54) is 34.1 Å². The second-order valence-corrected chi connectivity index (χ2v) is 8.09. The fourth-order valence-corrected chi connectivity index (χ4v) is 3.78. The lowest BCUT2D eigenvalue weighted by molar-refractivity contribution is -0.159. The minimum Gasteiger partial charge on any atom is -0.466 e. The minimum atomic E-state index is -3.43. The predicted molar refractivity (Wildman–Crippen MR) is 117 cm³/mol. The summed E-state index contributed by atoms with van der Waals surface area (Å²) in [5.74, 6) is -3.78. The topological polar surface area (TPSA) is 130 Å². The van der Waals surface area contributed by atoms with Gasteiger partial charge in [-0.1, -0.05) is 0 Å². The standard InChI is InChI=1S/C21H17F4N7O4/c1-20(22,23)36-11-2-3-16(27-7-11)35-15-9-31(10-21(15,24)25)14-6-13(30-32-5-4-26-17(14)32)12-8-28-19(34)29-18(12)33/h2-8,15H,9-10H2,1H3,(H2,28,29,33,34)/t15-/m0/s1. The highest BCUT2D eigenvalue weighted by Gasteiger charge is 2.51. The number of anilines is 1. The van der Waals surface area contributed by atoms with Crippen molar-refractivity contribution in [1.82, 2.24) is 29.5 Å². The van der Waals surface area contributed by atoms with Gasteiger partial charge in [0.05, 0.1) is 30.5 Å². The lowest BCUT2D eigenvalue weighted by Crippen LogP contribution is -2.36. The summed E-state index contributed by atoms with van der Waals surface area (Å²) >= 11 is 0. The highest BCUT2D eigenvalue weighted by atomic mass is 19.3. The molecule has 0 spiro atoms. The Morgan fingerprint density at radius 1 is 1.22 bits per heavy atom. The van der Waals surface area contributed by atoms with Crippen molar-refractivity contribution in [2.24, 2.45) is 0 Å². The molecule has 5 rings (SSSR count). The first-order valence-corrected chi connectivity index (χ1v) is 10.5. The SMILES string of the molecule is CC(F)(F)Oc1ccc(O[C@H]2CN(c3cc(-c4c[nH]c(=O)[nH]c4=O)nn4ccnc34)CC2(F)F)nc1. The van der Waals surface area contributed by atoms with Gasteiger partial charge in [-0.15, -0.1) is 0 Å². The molecule has 0 amide bonds. The number of fused-ring (bicyclic) bond motifs is 1. The molecule has 188 valence electrons. The van der Waals surface area contributed by atoms with E-state index in [4.69, 9.17) is 4.74 Å². The smallest absolute Gasteiger partial charge is 0.394 e. The van der Waals surface area contributed by atoms with Crippen molar-refractivity contribution in [3.8, 4) is 22.9 Å². The van der Waals surface area contributed by atoms with Crippen molar-refractivity contribution in [3.05, 3.63) is 63.8 Å². The average Bonchev–Trinajstić information content (AvgIpc) is 3.37. The second kappa shape index (κ2) is 8.35. The molecule has 0 aromatic carbocycles. The number of nitrogens with zero attached hydrogens (tertiary/aromatic N) is 5. The normalized spacial score (nSPS) is 17.5. The number of aromatic nitrogens is 6. The van der Waals surface area contributed by atoms with Crippen molar-refractivity contribution in [1.29, 1.82) is 0 Å². The molecule has 1 atom stereocenters. The Morgan fingerprint density at radius 2 is 2.03 bits per heavy atom. The van der Waals surface area contributed by atoms with Gasteiger partial charge in [-0.2, -0.15) is 13.9 Å². The first-order valence-electron chi connectivity index (χ1n) is 10.5. The van der Waals surface area contributed by atoms with Crippen LogP contribution in [-0.4, -0.2) is 60.8 Å². The lowest BCUT2D eigenvalue weighted by Gasteiger charge is -2.19. The van der Waals surface area contributed by atoms with E-state index >= 15 is 0 Å². The van der Waals surface area contributed by atoms with Crippen LogP contribution in [0.2, 0.25) is 0 Å². The first-order chi connectivity index (χ1) is 17.0. The number of H-pyrrole nitrogens is 2. The molecular weight excluding hydrogens is 490 g/mol. The van der Waals surface area contributed by atoms with Crippen molar-refractivity contribution >= 4 is 11.3 Å². The Hall–Kier alpha value is -4.43. The van der Waals surface area contributed by atoms with Gasteiger partial charge in [0, 0.05) is 31.6 Å². The fourth-order valence-electron chi connectivity index (χ4n) is 3.78. The monoisotopic (exact) mass is 507 g/mol. The maximum Gasteiger partial charge on any atom is 0.394 e. The fraction of sp³-hybridized carbons (Fsp3) is 0.286. The molecule has 4 aromatic rings. The summed E-state index contributed by atoms with van der Waals surface area (Å²) in [5.41, 5.74) is -0.757. The van der Waals surface area contributed by atoms with Gasteiger partial charge < -0.3 is 19.4 Å². The number of alkyl halides is 4. The van der Waals surface area contributed by atoms with Crippen molar-refractivity contribution in [3.63, 3.8) is 0 Å². The molecule has 11 nitrogen and oxygen atoms in total. The number of halogens is 4. The van der Waals surface area contributed by atoms with Gasteiger partial charge in [0.15, 0.2) is 11.8 Å². The summed E-state index contributed by atoms with van der Waals surface area (Å²) in [6, 6.07) is 3.70. The number of nitrogens with one attached hydrogen (secondary N) is 2. The number of aromatic amines is 2. The molecule has 2 N–H and O–H groups in total. The van der Waals surface area contributed by atoms with Gasteiger partial charge in [0.1, 0.15) is 11.4 Å². The van der Waals surface area contributed by atoms with E-state index < -0.39 is 35.9 Å². The zero-order valence-corrected chi connectivity index (χ0v) is 18.4. The number of hydrogen-bond acceptors (Lipinski definition) is 8. The van der Waals surface area contributed by atoms with Crippen molar-refractivity contribution in [2.45, 2.75) is 25.1 Å². The average molecular weight is 507 g/mol. The molecule has 1 aliphatic rings. The number of pyridine rings is 1. The van der Waals surface area contributed by atoms with Crippen LogP contribution in [-0.2, 0) is 0 Å². The van der Waals surface area contributed by atoms with Gasteiger partial charge in [0.25, 0.3) is 5.56 Å². The molecule has 1 aliphatic heterocycles. The lowest BCUT2D eigenvalue weighted by atomic mass is 10.2. The molecule has 4 aromatic heterocycles. The number of imidazole rings is 1. The Morgan fingerprint density at radius 3 is 2.72 bits per heavy atom. The van der Waals surface area contributed by atoms with Crippen LogP contribution in [0.3, 0.4) is 0 Å². The molecule has 1 saturated heterocycles. The van der Waals surface area contributed by atoms with Gasteiger partial charge >= 0.3 is 17.7 Å². The predicted octanol–water partition coefficient (Wildman–Crippen LogP) is 2.06. The van der Waals surface area contributed by atoms with E-state index in [1.807, 2.05) is 0 Å². The van der Waals surface area contributed by atoms with Gasteiger partial charge in [0.2, 0.25) is 5.88 Å². The van der Waals surface area contributed by atoms with Crippen molar-refractivity contribution < 1.29 is 27.0 Å². The van der Waals surface area contributed by atoms with Crippen LogP contribution in [0.15, 0.2) is 52.6 Å². The van der Waals surface area contributed by atoms with Gasteiger partial charge in [-0.3, -0.25) is 9.78 Å². The van der Waals surface area contributed by atoms with Crippen molar-refractivity contribution in [2.75, 3.05) is 18.0 Å². The molecule has 0 radical (unpaired) electrons. The molecule has 1 fully saturated rings. The van der Waals surface area contributed by atoms with Crippen LogP contribution in [0.5, 0.6) is 11.6 Å². The summed E-state index contributed by atoms with van der Waals surface area (Å²) in [6.45, 7) is -0.470. The molecule has 0 saturated carbocycles. The van der Waals surface area contributed by atoms with E-state index in [1.54, 1.807) is 0 Å². The summed E-state index contributed by atoms with van der Waals surface area (Å²) < 4.78 is 66.9. The largest absolute Gasteiger partial charge is 0.466 e. The molecular formula is C21H17F4N7O4. The van der Waals surface area contributed by atoms with Crippen LogP contribution in [0, 0.1) is 0 Å². The molecule has 0 aliphatic carbocycles. The molecule has 5 heterocycles. The van der Waals surface area contributed by atoms with Crippen LogP contribution in [0.4, 0.5) is 23.2 Å². The summed E-state index contributed by atoms with van der Waals surface area (Å²) in [4.78, 5) is 37.3. The number of hydrogen-bond donors (Lipinski definition) is 2. The summed E-state index contributed by atoms with van der Waals surface area (Å²) in [6.07, 6.45) is -0.0336.